The van der Waals surface area contributed by atoms with E-state index in [0.717, 1.165) is 10.5 Å². The fourth-order valence-electron chi connectivity index (χ4n) is 2.69. The molecule has 0 unspecified atom stereocenters. The molecule has 0 fully saturated rings. The Morgan fingerprint density at radius 1 is 1.08 bits per heavy atom. The van der Waals surface area contributed by atoms with Gasteiger partial charge in [0.1, 0.15) is 0 Å². The molecule has 0 aliphatic rings. The second-order valence-electron chi connectivity index (χ2n) is 5.89. The van der Waals surface area contributed by atoms with E-state index in [1.54, 1.807) is 18.4 Å². The number of rotatable bonds is 5. The smallest absolute Gasteiger partial charge is 0.190 e. The summed E-state index contributed by atoms with van der Waals surface area (Å²) in [6.45, 7) is 4.90. The molecular formula is C20H22N2OS. The summed E-state index contributed by atoms with van der Waals surface area (Å²) in [6.07, 6.45) is 0. The van der Waals surface area contributed by atoms with Crippen LogP contribution in [0.5, 0.6) is 0 Å². The Kier molecular flexibility index (Phi) is 5.28. The maximum absolute atomic E-state index is 5.38. The molecule has 0 radical (unpaired) electrons. The number of ether oxygens (including phenoxy) is 1. The SMILES string of the molecule is COC[C@H](C)n1c(-c2ccccc2)csc1=Nc1ccc(C)cc1. The van der Waals surface area contributed by atoms with Crippen molar-refractivity contribution in [3.8, 4) is 11.3 Å². The minimum atomic E-state index is 0.209. The van der Waals surface area contributed by atoms with Crippen molar-refractivity contribution in [1.29, 1.82) is 0 Å². The van der Waals surface area contributed by atoms with Crippen LogP contribution in [0.1, 0.15) is 18.5 Å². The van der Waals surface area contributed by atoms with Gasteiger partial charge >= 0.3 is 0 Å². The van der Waals surface area contributed by atoms with Crippen molar-refractivity contribution < 1.29 is 4.74 Å². The first-order valence-corrected chi connectivity index (χ1v) is 8.93. The minimum Gasteiger partial charge on any atom is -0.383 e. The van der Waals surface area contributed by atoms with Crippen molar-refractivity contribution in [2.24, 2.45) is 4.99 Å². The highest BCUT2D eigenvalue weighted by molar-refractivity contribution is 7.07. The molecule has 0 N–H and O–H groups in total. The van der Waals surface area contributed by atoms with Crippen molar-refractivity contribution in [3.05, 3.63) is 70.3 Å². The summed E-state index contributed by atoms with van der Waals surface area (Å²) < 4.78 is 7.65. The summed E-state index contributed by atoms with van der Waals surface area (Å²) in [6, 6.07) is 18.9. The second kappa shape index (κ2) is 7.60. The van der Waals surface area contributed by atoms with Gasteiger partial charge in [-0.1, -0.05) is 48.0 Å². The summed E-state index contributed by atoms with van der Waals surface area (Å²) >= 11 is 1.66. The van der Waals surface area contributed by atoms with Crippen LogP contribution < -0.4 is 4.80 Å². The zero-order chi connectivity index (χ0) is 16.9. The van der Waals surface area contributed by atoms with Crippen LogP contribution >= 0.6 is 11.3 Å². The first kappa shape index (κ1) is 16.7. The highest BCUT2D eigenvalue weighted by atomic mass is 32.1. The molecule has 0 saturated heterocycles. The molecule has 0 amide bonds. The molecule has 1 heterocycles. The first-order valence-electron chi connectivity index (χ1n) is 8.05. The Balaban J connectivity index is 2.12. The second-order valence-corrected chi connectivity index (χ2v) is 6.73. The van der Waals surface area contributed by atoms with Crippen LogP contribution in [0.15, 0.2) is 65.0 Å². The van der Waals surface area contributed by atoms with Crippen molar-refractivity contribution >= 4 is 17.0 Å². The topological polar surface area (TPSA) is 26.5 Å². The van der Waals surface area contributed by atoms with Crippen LogP contribution in [0.25, 0.3) is 11.3 Å². The standard InChI is InChI=1S/C20H22N2OS/c1-15-9-11-18(12-10-15)21-20-22(16(2)13-23-3)19(14-24-20)17-7-5-4-6-8-17/h4-12,14,16H,13H2,1-3H3/t16-/m0/s1. The lowest BCUT2D eigenvalue weighted by atomic mass is 10.1. The molecule has 24 heavy (non-hydrogen) atoms. The van der Waals surface area contributed by atoms with E-state index in [4.69, 9.17) is 9.73 Å². The summed E-state index contributed by atoms with van der Waals surface area (Å²) in [5.41, 5.74) is 4.59. The third kappa shape index (κ3) is 3.66. The molecule has 0 aliphatic carbocycles. The molecule has 124 valence electrons. The minimum absolute atomic E-state index is 0.209. The Morgan fingerprint density at radius 3 is 2.46 bits per heavy atom. The first-order chi connectivity index (χ1) is 11.7. The van der Waals surface area contributed by atoms with Gasteiger partial charge in [0.05, 0.1) is 24.0 Å². The predicted molar refractivity (Wildman–Crippen MR) is 101 cm³/mol. The van der Waals surface area contributed by atoms with Gasteiger partial charge in [-0.2, -0.15) is 0 Å². The van der Waals surface area contributed by atoms with E-state index in [0.29, 0.717) is 6.61 Å². The van der Waals surface area contributed by atoms with Crippen molar-refractivity contribution in [3.63, 3.8) is 0 Å². The molecule has 3 aromatic rings. The highest BCUT2D eigenvalue weighted by Gasteiger charge is 2.13. The average Bonchev–Trinajstić information content (AvgIpc) is 3.01. The molecule has 3 nitrogen and oxygen atoms in total. The Labute approximate surface area is 146 Å². The van der Waals surface area contributed by atoms with Crippen molar-refractivity contribution in [1.82, 2.24) is 4.57 Å². The van der Waals surface area contributed by atoms with Gasteiger partial charge < -0.3 is 9.30 Å². The summed E-state index contributed by atoms with van der Waals surface area (Å²) in [5.74, 6) is 0. The van der Waals surface area contributed by atoms with Gasteiger partial charge in [-0.15, -0.1) is 11.3 Å². The van der Waals surface area contributed by atoms with Gasteiger partial charge in [0, 0.05) is 12.5 Å². The number of aryl methyl sites for hydroxylation is 1. The Morgan fingerprint density at radius 2 is 1.79 bits per heavy atom. The van der Waals surface area contributed by atoms with Crippen LogP contribution in [0, 0.1) is 6.92 Å². The molecule has 1 aromatic heterocycles. The van der Waals surface area contributed by atoms with E-state index in [9.17, 15) is 0 Å². The zero-order valence-electron chi connectivity index (χ0n) is 14.3. The predicted octanol–water partition coefficient (Wildman–Crippen LogP) is 4.96. The van der Waals surface area contributed by atoms with E-state index in [-0.39, 0.29) is 6.04 Å². The lowest BCUT2D eigenvalue weighted by molar-refractivity contribution is 0.162. The van der Waals surface area contributed by atoms with Crippen LogP contribution in [0.4, 0.5) is 5.69 Å². The quantitative estimate of drug-likeness (QED) is 0.645. The third-order valence-corrected chi connectivity index (χ3v) is 4.76. The highest BCUT2D eigenvalue weighted by Crippen LogP contribution is 2.24. The lowest BCUT2D eigenvalue weighted by Crippen LogP contribution is -2.22. The Bertz CT molecular complexity index is 847. The molecular weight excluding hydrogens is 316 g/mol. The summed E-state index contributed by atoms with van der Waals surface area (Å²) in [5, 5.41) is 2.18. The maximum Gasteiger partial charge on any atom is 0.190 e. The number of methoxy groups -OCH3 is 1. The van der Waals surface area contributed by atoms with Gasteiger partial charge in [0.15, 0.2) is 4.80 Å². The van der Waals surface area contributed by atoms with Crippen LogP contribution in [0.3, 0.4) is 0 Å². The lowest BCUT2D eigenvalue weighted by Gasteiger charge is -2.16. The zero-order valence-corrected chi connectivity index (χ0v) is 15.1. The molecule has 0 aliphatic heterocycles. The van der Waals surface area contributed by atoms with Gasteiger partial charge in [-0.25, -0.2) is 4.99 Å². The molecule has 1 atom stereocenters. The van der Waals surface area contributed by atoms with Crippen LogP contribution in [-0.4, -0.2) is 18.3 Å². The maximum atomic E-state index is 5.38. The van der Waals surface area contributed by atoms with E-state index in [1.807, 2.05) is 6.07 Å². The molecule has 0 bridgehead atoms. The summed E-state index contributed by atoms with van der Waals surface area (Å²) in [7, 11) is 1.74. The van der Waals surface area contributed by atoms with Crippen molar-refractivity contribution in [2.75, 3.05) is 13.7 Å². The van der Waals surface area contributed by atoms with Gasteiger partial charge in [-0.05, 0) is 31.5 Å². The fraction of sp³-hybridized carbons (Fsp3) is 0.250. The molecule has 0 saturated carbocycles. The van der Waals surface area contributed by atoms with Gasteiger partial charge in [-0.3, -0.25) is 0 Å². The molecule has 2 aromatic carbocycles. The largest absolute Gasteiger partial charge is 0.383 e. The third-order valence-electron chi connectivity index (χ3n) is 3.92. The fourth-order valence-corrected chi connectivity index (χ4v) is 3.71. The Hall–Kier alpha value is -2.17. The van der Waals surface area contributed by atoms with Crippen molar-refractivity contribution in [2.45, 2.75) is 19.9 Å². The number of thiazole rings is 1. The number of nitrogens with zero attached hydrogens (tertiary/aromatic N) is 2. The van der Waals surface area contributed by atoms with E-state index < -0.39 is 0 Å². The van der Waals surface area contributed by atoms with Crippen LogP contribution in [0.2, 0.25) is 0 Å². The van der Waals surface area contributed by atoms with E-state index in [2.05, 4.69) is 72.3 Å². The van der Waals surface area contributed by atoms with E-state index in [1.165, 1.54) is 16.8 Å². The normalized spacial score (nSPS) is 13.2. The van der Waals surface area contributed by atoms with E-state index >= 15 is 0 Å². The molecule has 3 rings (SSSR count). The average molecular weight is 338 g/mol. The number of hydrogen-bond donors (Lipinski definition) is 0. The summed E-state index contributed by atoms with van der Waals surface area (Å²) in [4.78, 5) is 5.85. The monoisotopic (exact) mass is 338 g/mol. The molecule has 0 spiro atoms. The van der Waals surface area contributed by atoms with Crippen LogP contribution in [-0.2, 0) is 4.74 Å². The number of aromatic nitrogens is 1. The van der Waals surface area contributed by atoms with Gasteiger partial charge in [0.25, 0.3) is 0 Å². The van der Waals surface area contributed by atoms with Gasteiger partial charge in [0.2, 0.25) is 0 Å². The number of benzene rings is 2. The number of hydrogen-bond acceptors (Lipinski definition) is 3. The molecule has 4 heteroatoms.